The van der Waals surface area contributed by atoms with Gasteiger partial charge in [0.2, 0.25) is 0 Å². The molecule has 0 amide bonds. The molecule has 1 radical (unpaired) electrons. The molecule has 0 aliphatic heterocycles. The van der Waals surface area contributed by atoms with E-state index in [-0.39, 0.29) is 43.5 Å². The van der Waals surface area contributed by atoms with Crippen molar-refractivity contribution >= 4 is 72.4 Å². The molecule has 0 saturated heterocycles. The Morgan fingerprint density at radius 2 is 1.60 bits per heavy atom. The third kappa shape index (κ3) is 7.45. The number of carbonyl (C=O) groups is 1. The van der Waals surface area contributed by atoms with E-state index in [1.807, 2.05) is 46.0 Å². The van der Waals surface area contributed by atoms with Crippen LogP contribution in [0.3, 0.4) is 0 Å². The molecule has 1 N–H and O–H groups in total. The van der Waals surface area contributed by atoms with Gasteiger partial charge in [-0.3, -0.25) is 4.79 Å². The van der Waals surface area contributed by atoms with Crippen LogP contribution in [0.1, 0.15) is 53.4 Å². The fourth-order valence-electron chi connectivity index (χ4n) is 6.53. The summed E-state index contributed by atoms with van der Waals surface area (Å²) in [5, 5.41) is 17.6. The number of aromatic nitrogens is 2. The van der Waals surface area contributed by atoms with Crippen molar-refractivity contribution in [2.24, 2.45) is 11.8 Å². The summed E-state index contributed by atoms with van der Waals surface area (Å²) in [5.74, 6) is 0.547. The van der Waals surface area contributed by atoms with E-state index in [1.165, 1.54) is 48.4 Å². The van der Waals surface area contributed by atoms with Crippen LogP contribution in [0, 0.1) is 24.9 Å². The number of rotatable bonds is 9. The second kappa shape index (κ2) is 15.9. The molecule has 3 heterocycles. The molecule has 0 saturated carbocycles. The number of carbonyl (C=O) groups excluding carboxylic acids is 1. The number of aliphatic hydroxyl groups excluding tert-OH is 1. The first-order valence-electron chi connectivity index (χ1n) is 16.9. The van der Waals surface area contributed by atoms with Crippen molar-refractivity contribution in [2.75, 3.05) is 0 Å². The van der Waals surface area contributed by atoms with E-state index in [0.29, 0.717) is 0 Å². The van der Waals surface area contributed by atoms with Gasteiger partial charge in [-0.2, -0.15) is 11.3 Å². The van der Waals surface area contributed by atoms with E-state index in [1.54, 1.807) is 11.3 Å². The number of aliphatic hydroxyl groups is 1. The second-order valence-corrected chi connectivity index (χ2v) is 19.4. The third-order valence-corrected chi connectivity index (χ3v) is 12.6. The maximum Gasteiger partial charge on any atom is 0.162 e. The van der Waals surface area contributed by atoms with Gasteiger partial charge in [0.15, 0.2) is 5.78 Å². The molecule has 48 heavy (non-hydrogen) atoms. The van der Waals surface area contributed by atoms with Gasteiger partial charge in [0, 0.05) is 51.3 Å². The summed E-state index contributed by atoms with van der Waals surface area (Å²) in [7, 11) is 2.85. The molecular formula is C41H47IrN2O2SSi-. The predicted octanol–water partition coefficient (Wildman–Crippen LogP) is 10.6. The first kappa shape index (κ1) is 37.5. The van der Waals surface area contributed by atoms with Crippen LogP contribution in [0.15, 0.2) is 84.8 Å². The molecule has 0 bridgehead atoms. The molecular weight excluding hydrogens is 805 g/mol. The van der Waals surface area contributed by atoms with Crippen molar-refractivity contribution in [1.82, 2.24) is 4.98 Å². The Morgan fingerprint density at radius 3 is 2.27 bits per heavy atom. The zero-order chi connectivity index (χ0) is 33.9. The van der Waals surface area contributed by atoms with Crippen LogP contribution >= 0.6 is 11.3 Å². The number of pyridine rings is 2. The number of hydrogen-bond acceptors (Lipinski definition) is 4. The second-order valence-electron chi connectivity index (χ2n) is 13.4. The monoisotopic (exact) mass is 852 g/mol. The molecule has 253 valence electrons. The number of hydrogen-bond donors (Lipinski definition) is 1. The topological polar surface area (TPSA) is 54.1 Å². The van der Waals surface area contributed by atoms with Gasteiger partial charge in [-0.15, -0.1) is 18.2 Å². The summed E-state index contributed by atoms with van der Waals surface area (Å²) in [5.41, 5.74) is 3.39. The average molecular weight is 852 g/mol. The molecule has 0 aliphatic carbocycles. The van der Waals surface area contributed by atoms with E-state index in [0.717, 1.165) is 41.8 Å². The Hall–Kier alpha value is -3.35. The van der Waals surface area contributed by atoms with Gasteiger partial charge < -0.3 is 9.67 Å². The van der Waals surface area contributed by atoms with Crippen molar-refractivity contribution < 1.29 is 34.6 Å². The number of benzene rings is 3. The molecule has 7 heteroatoms. The Morgan fingerprint density at radius 1 is 0.938 bits per heavy atom. The molecule has 3 aromatic carbocycles. The van der Waals surface area contributed by atoms with Crippen LogP contribution in [0.25, 0.3) is 53.2 Å². The molecule has 0 aliphatic rings. The van der Waals surface area contributed by atoms with Gasteiger partial charge in [-0.05, 0) is 70.1 Å². The summed E-state index contributed by atoms with van der Waals surface area (Å²) in [6.45, 7) is 15.3. The Labute approximate surface area is 304 Å². The number of thiophene rings is 1. The molecule has 0 fully saturated rings. The average Bonchev–Trinajstić information content (AvgIpc) is 3.45. The molecule has 6 aromatic rings. The standard InChI is InChI=1S/C28H23N2SSi.C13H24O2.Ir/c1-30-23-15-14-18-9-5-6-10-19(18)26(23)25(32(2,3)4)17-24(30)22-12-7-11-20-21-13-8-16-29-28(21)31-27(20)22;1-5-10(6-2)12(14)9-13(15)11(7-3)8-4;/h5-11,13-17H,1H2,2-4H3;9-11,14H,5-8H2,1-4H3;/q-1;;/b;12-9-;. The summed E-state index contributed by atoms with van der Waals surface area (Å²) in [6, 6.07) is 27.4. The number of ketones is 1. The largest absolute Gasteiger partial charge is 0.512 e. The SMILES string of the molecule is CCC(CC)C(=O)/C=C(\O)C(CC)CC.[CH2-][n+]1c(-c2[c-]ccc3c2sc2ncccc23)cc([Si](C)(C)C)c2c3ccccc3ccc21.[Ir]. The fourth-order valence-corrected chi connectivity index (χ4v) is 9.26. The summed E-state index contributed by atoms with van der Waals surface area (Å²) >= 11 is 1.74. The quantitative estimate of drug-likeness (QED) is 0.0394. The Balaban J connectivity index is 0.000000279. The van der Waals surface area contributed by atoms with Crippen molar-refractivity contribution in [1.29, 1.82) is 0 Å². The van der Waals surface area contributed by atoms with Gasteiger partial charge in [-0.1, -0.05) is 99.9 Å². The summed E-state index contributed by atoms with van der Waals surface area (Å²) in [4.78, 5) is 17.4. The van der Waals surface area contributed by atoms with Crippen molar-refractivity contribution in [3.8, 4) is 11.3 Å². The molecule has 4 nitrogen and oxygen atoms in total. The smallest absolute Gasteiger partial charge is 0.162 e. The van der Waals surface area contributed by atoms with Gasteiger partial charge in [-0.25, -0.2) is 4.98 Å². The van der Waals surface area contributed by atoms with Crippen LogP contribution in [0.4, 0.5) is 0 Å². The molecule has 3 aromatic heterocycles. The first-order valence-corrected chi connectivity index (χ1v) is 21.2. The minimum Gasteiger partial charge on any atom is -0.512 e. The fraction of sp³-hybridized carbons (Fsp3) is 0.317. The minimum atomic E-state index is -1.67. The van der Waals surface area contributed by atoms with E-state index in [4.69, 9.17) is 0 Å². The van der Waals surface area contributed by atoms with E-state index >= 15 is 0 Å². The van der Waals surface area contributed by atoms with E-state index in [9.17, 15) is 9.90 Å². The van der Waals surface area contributed by atoms with Crippen molar-refractivity contribution in [2.45, 2.75) is 73.0 Å². The van der Waals surface area contributed by atoms with Crippen LogP contribution in [-0.4, -0.2) is 23.9 Å². The molecule has 0 atom stereocenters. The van der Waals surface area contributed by atoms with E-state index in [2.05, 4.69) is 96.9 Å². The van der Waals surface area contributed by atoms with Crippen LogP contribution in [0.2, 0.25) is 19.6 Å². The molecule has 0 spiro atoms. The molecule has 0 unspecified atom stereocenters. The van der Waals surface area contributed by atoms with Gasteiger partial charge in [0.25, 0.3) is 0 Å². The predicted molar refractivity (Wildman–Crippen MR) is 204 cm³/mol. The zero-order valence-corrected chi connectivity index (χ0v) is 33.4. The number of nitrogens with zero attached hydrogens (tertiary/aromatic N) is 2. The normalized spacial score (nSPS) is 12.1. The van der Waals surface area contributed by atoms with Gasteiger partial charge in [0.1, 0.15) is 16.0 Å². The molecule has 6 rings (SSSR count). The van der Waals surface area contributed by atoms with Gasteiger partial charge in [0.05, 0.1) is 13.8 Å². The van der Waals surface area contributed by atoms with E-state index < -0.39 is 8.07 Å². The number of fused-ring (bicyclic) bond motifs is 6. The van der Waals surface area contributed by atoms with Gasteiger partial charge >= 0.3 is 0 Å². The third-order valence-electron chi connectivity index (χ3n) is 9.39. The maximum atomic E-state index is 11.7. The van der Waals surface area contributed by atoms with Crippen molar-refractivity contribution in [3.05, 3.63) is 97.9 Å². The zero-order valence-electron chi connectivity index (χ0n) is 29.2. The maximum absolute atomic E-state index is 11.7. The first-order chi connectivity index (χ1) is 22.5. The van der Waals surface area contributed by atoms with Crippen LogP contribution in [-0.2, 0) is 24.9 Å². The minimum absolute atomic E-state index is 0. The Kier molecular flexibility index (Phi) is 12.4. The van der Waals surface area contributed by atoms with Crippen LogP contribution < -0.4 is 9.75 Å². The van der Waals surface area contributed by atoms with Crippen molar-refractivity contribution in [3.63, 3.8) is 0 Å². The summed E-state index contributed by atoms with van der Waals surface area (Å²) < 4.78 is 3.33. The number of allylic oxidation sites excluding steroid dienone is 2. The summed E-state index contributed by atoms with van der Waals surface area (Å²) in [6.07, 6.45) is 6.77. The van der Waals surface area contributed by atoms with Crippen LogP contribution in [0.5, 0.6) is 0 Å². The Bertz CT molecular complexity index is 2090.